The Morgan fingerprint density at radius 2 is 2.22 bits per heavy atom. The van der Waals surface area contributed by atoms with E-state index < -0.39 is 0 Å². The highest BCUT2D eigenvalue weighted by Crippen LogP contribution is 1.92. The van der Waals surface area contributed by atoms with Crippen LogP contribution in [0.1, 0.15) is 13.3 Å². The molecule has 4 N–H and O–H groups in total. The molecule has 0 heterocycles. The van der Waals surface area contributed by atoms with E-state index in [1.807, 2.05) is 14.0 Å². The average Bonchev–Trinajstić information content (AvgIpc) is 1.87. The average molecular weight is 132 g/mol. The SMILES string of the molecule is CC[C@@H](O)C(N)CNC. The maximum absolute atomic E-state index is 9.09. The molecule has 1 unspecified atom stereocenters. The van der Waals surface area contributed by atoms with Gasteiger partial charge in [-0.2, -0.15) is 0 Å². The minimum atomic E-state index is -0.363. The highest BCUT2D eigenvalue weighted by Gasteiger charge is 2.09. The summed E-state index contributed by atoms with van der Waals surface area (Å²) in [5, 5.41) is 12.0. The van der Waals surface area contributed by atoms with E-state index in [9.17, 15) is 0 Å². The van der Waals surface area contributed by atoms with E-state index >= 15 is 0 Å². The molecule has 56 valence electrons. The molecule has 0 aliphatic rings. The fourth-order valence-corrected chi connectivity index (χ4v) is 0.674. The summed E-state index contributed by atoms with van der Waals surface area (Å²) in [6.45, 7) is 2.59. The zero-order valence-electron chi connectivity index (χ0n) is 6.09. The Labute approximate surface area is 56.2 Å². The number of likely N-dealkylation sites (N-methyl/N-ethyl adjacent to an activating group) is 1. The van der Waals surface area contributed by atoms with Gasteiger partial charge in [-0.05, 0) is 13.5 Å². The lowest BCUT2D eigenvalue weighted by Gasteiger charge is -2.15. The van der Waals surface area contributed by atoms with Crippen molar-refractivity contribution in [3.8, 4) is 0 Å². The monoisotopic (exact) mass is 132 g/mol. The van der Waals surface area contributed by atoms with Gasteiger partial charge in [0.15, 0.2) is 0 Å². The number of hydrogen-bond acceptors (Lipinski definition) is 3. The van der Waals surface area contributed by atoms with Gasteiger partial charge in [0, 0.05) is 12.6 Å². The Morgan fingerprint density at radius 3 is 2.56 bits per heavy atom. The van der Waals surface area contributed by atoms with Crippen LogP contribution >= 0.6 is 0 Å². The topological polar surface area (TPSA) is 58.3 Å². The van der Waals surface area contributed by atoms with Gasteiger partial charge in [-0.3, -0.25) is 0 Å². The van der Waals surface area contributed by atoms with Crippen LogP contribution in [0.25, 0.3) is 0 Å². The molecule has 0 rings (SSSR count). The predicted molar refractivity (Wildman–Crippen MR) is 38.2 cm³/mol. The Bertz CT molecular complexity index is 68.1. The van der Waals surface area contributed by atoms with Crippen LogP contribution in [0.3, 0.4) is 0 Å². The Hall–Kier alpha value is -0.120. The normalized spacial score (nSPS) is 17.3. The Kier molecular flexibility index (Phi) is 4.67. The van der Waals surface area contributed by atoms with Gasteiger partial charge in [-0.1, -0.05) is 6.92 Å². The number of aliphatic hydroxyl groups is 1. The largest absolute Gasteiger partial charge is 0.391 e. The van der Waals surface area contributed by atoms with E-state index in [0.717, 1.165) is 6.42 Å². The van der Waals surface area contributed by atoms with Gasteiger partial charge in [0.05, 0.1) is 6.10 Å². The molecule has 0 aliphatic carbocycles. The van der Waals surface area contributed by atoms with Crippen molar-refractivity contribution >= 4 is 0 Å². The first-order valence-electron chi connectivity index (χ1n) is 3.30. The first kappa shape index (κ1) is 8.88. The van der Waals surface area contributed by atoms with Crippen LogP contribution in [0, 0.1) is 0 Å². The van der Waals surface area contributed by atoms with E-state index in [0.29, 0.717) is 6.54 Å². The standard InChI is InChI=1S/C6H16N2O/c1-3-6(9)5(7)4-8-2/h5-6,8-9H,3-4,7H2,1-2H3/t5?,6-/m1/s1. The van der Waals surface area contributed by atoms with E-state index in [4.69, 9.17) is 10.8 Å². The number of nitrogens with two attached hydrogens (primary N) is 1. The molecule has 0 fully saturated rings. The van der Waals surface area contributed by atoms with Gasteiger partial charge in [-0.25, -0.2) is 0 Å². The highest BCUT2D eigenvalue weighted by atomic mass is 16.3. The highest BCUT2D eigenvalue weighted by molar-refractivity contribution is 4.71. The van der Waals surface area contributed by atoms with Crippen molar-refractivity contribution in [1.29, 1.82) is 0 Å². The fourth-order valence-electron chi connectivity index (χ4n) is 0.674. The van der Waals surface area contributed by atoms with Gasteiger partial charge in [0.2, 0.25) is 0 Å². The van der Waals surface area contributed by atoms with Gasteiger partial charge in [0.25, 0.3) is 0 Å². The fraction of sp³-hybridized carbons (Fsp3) is 1.00. The molecule has 3 nitrogen and oxygen atoms in total. The molecule has 0 saturated carbocycles. The lowest BCUT2D eigenvalue weighted by atomic mass is 10.1. The van der Waals surface area contributed by atoms with Crippen LogP contribution < -0.4 is 11.1 Å². The Balaban J connectivity index is 3.32. The third-order valence-corrected chi connectivity index (χ3v) is 1.35. The maximum atomic E-state index is 9.09. The summed E-state index contributed by atoms with van der Waals surface area (Å²) in [6, 6.07) is -0.125. The van der Waals surface area contributed by atoms with Crippen molar-refractivity contribution in [3.63, 3.8) is 0 Å². The minimum Gasteiger partial charge on any atom is -0.391 e. The number of hydrogen-bond donors (Lipinski definition) is 3. The Morgan fingerprint density at radius 1 is 1.67 bits per heavy atom. The summed E-state index contributed by atoms with van der Waals surface area (Å²) < 4.78 is 0. The third-order valence-electron chi connectivity index (χ3n) is 1.35. The second kappa shape index (κ2) is 4.73. The molecule has 0 bridgehead atoms. The molecular weight excluding hydrogens is 116 g/mol. The van der Waals surface area contributed by atoms with E-state index in [2.05, 4.69) is 5.32 Å². The van der Waals surface area contributed by atoms with Crippen LogP contribution in [0.5, 0.6) is 0 Å². The van der Waals surface area contributed by atoms with Gasteiger partial charge in [0.1, 0.15) is 0 Å². The molecule has 0 amide bonds. The lowest BCUT2D eigenvalue weighted by Crippen LogP contribution is -2.41. The van der Waals surface area contributed by atoms with Crippen molar-refractivity contribution in [1.82, 2.24) is 5.32 Å². The van der Waals surface area contributed by atoms with Gasteiger partial charge < -0.3 is 16.2 Å². The molecule has 3 heteroatoms. The van der Waals surface area contributed by atoms with Crippen molar-refractivity contribution in [2.24, 2.45) is 5.73 Å². The van der Waals surface area contributed by atoms with Crippen LogP contribution in [0.4, 0.5) is 0 Å². The molecule has 0 aromatic carbocycles. The first-order valence-corrected chi connectivity index (χ1v) is 3.30. The van der Waals surface area contributed by atoms with Crippen molar-refractivity contribution in [2.45, 2.75) is 25.5 Å². The van der Waals surface area contributed by atoms with Crippen molar-refractivity contribution < 1.29 is 5.11 Å². The third kappa shape index (κ3) is 3.46. The zero-order valence-corrected chi connectivity index (χ0v) is 6.09. The molecule has 0 spiro atoms. The molecule has 9 heavy (non-hydrogen) atoms. The lowest BCUT2D eigenvalue weighted by molar-refractivity contribution is 0.140. The number of aliphatic hydroxyl groups excluding tert-OH is 1. The zero-order chi connectivity index (χ0) is 7.28. The van der Waals surface area contributed by atoms with Crippen LogP contribution in [-0.2, 0) is 0 Å². The molecule has 0 radical (unpaired) electrons. The summed E-state index contributed by atoms with van der Waals surface area (Å²) in [5.41, 5.74) is 5.53. The van der Waals surface area contributed by atoms with E-state index in [-0.39, 0.29) is 12.1 Å². The molecule has 0 saturated heterocycles. The second-order valence-corrected chi connectivity index (χ2v) is 2.20. The smallest absolute Gasteiger partial charge is 0.0700 e. The van der Waals surface area contributed by atoms with Gasteiger partial charge in [-0.15, -0.1) is 0 Å². The van der Waals surface area contributed by atoms with Crippen LogP contribution in [0.15, 0.2) is 0 Å². The number of rotatable bonds is 4. The summed E-state index contributed by atoms with van der Waals surface area (Å²) in [5.74, 6) is 0. The molecule has 0 aromatic rings. The summed E-state index contributed by atoms with van der Waals surface area (Å²) in [7, 11) is 1.82. The van der Waals surface area contributed by atoms with Crippen molar-refractivity contribution in [2.75, 3.05) is 13.6 Å². The minimum absolute atomic E-state index is 0.125. The van der Waals surface area contributed by atoms with Gasteiger partial charge >= 0.3 is 0 Å². The molecule has 0 aliphatic heterocycles. The predicted octanol–water partition coefficient (Wildman–Crippen LogP) is -0.696. The number of nitrogens with one attached hydrogen (secondary N) is 1. The molecule has 2 atom stereocenters. The van der Waals surface area contributed by atoms with E-state index in [1.165, 1.54) is 0 Å². The van der Waals surface area contributed by atoms with Crippen molar-refractivity contribution in [3.05, 3.63) is 0 Å². The molecular formula is C6H16N2O. The molecule has 0 aromatic heterocycles. The van der Waals surface area contributed by atoms with Crippen LogP contribution in [0.2, 0.25) is 0 Å². The first-order chi connectivity index (χ1) is 4.22. The quantitative estimate of drug-likeness (QED) is 0.474. The summed E-state index contributed by atoms with van der Waals surface area (Å²) in [6.07, 6.45) is 0.362. The summed E-state index contributed by atoms with van der Waals surface area (Å²) in [4.78, 5) is 0. The van der Waals surface area contributed by atoms with Crippen LogP contribution in [-0.4, -0.2) is 30.8 Å². The maximum Gasteiger partial charge on any atom is 0.0700 e. The second-order valence-electron chi connectivity index (χ2n) is 2.20. The summed E-state index contributed by atoms with van der Waals surface area (Å²) >= 11 is 0. The van der Waals surface area contributed by atoms with E-state index in [1.54, 1.807) is 0 Å².